The van der Waals surface area contributed by atoms with Crippen molar-refractivity contribution in [3.05, 3.63) is 64.0 Å². The van der Waals surface area contributed by atoms with Crippen molar-refractivity contribution < 1.29 is 0 Å². The van der Waals surface area contributed by atoms with Crippen LogP contribution in [0, 0.1) is 6.92 Å². The summed E-state index contributed by atoms with van der Waals surface area (Å²) < 4.78 is 0. The van der Waals surface area contributed by atoms with Crippen LogP contribution in [0.5, 0.6) is 0 Å². The van der Waals surface area contributed by atoms with Gasteiger partial charge in [0, 0.05) is 44.8 Å². The van der Waals surface area contributed by atoms with E-state index in [2.05, 4.69) is 47.5 Å². The fourth-order valence-electron chi connectivity index (χ4n) is 3.56. The zero-order valence-corrected chi connectivity index (χ0v) is 12.5. The number of hydrogen-bond donors (Lipinski definition) is 1. The van der Waals surface area contributed by atoms with Crippen LogP contribution in [0.15, 0.2) is 30.3 Å². The van der Waals surface area contributed by atoms with E-state index in [1.165, 1.54) is 33.6 Å². The molecule has 3 heterocycles. The molecule has 1 N–H and O–H groups in total. The maximum Gasteiger partial charge on any atom is 0.0592 e. The molecule has 0 unspecified atom stereocenters. The van der Waals surface area contributed by atoms with Gasteiger partial charge in [-0.25, -0.2) is 0 Å². The van der Waals surface area contributed by atoms with Crippen LogP contribution in [-0.4, -0.2) is 16.4 Å². The van der Waals surface area contributed by atoms with E-state index in [1.54, 1.807) is 0 Å². The molecule has 0 aliphatic carbocycles. The zero-order valence-electron chi connectivity index (χ0n) is 12.5. The Bertz CT molecular complexity index is 664. The molecule has 0 amide bonds. The highest BCUT2D eigenvalue weighted by Gasteiger charge is 2.24. The molecule has 0 atom stereocenters. The Hall–Kier alpha value is -1.71. The van der Waals surface area contributed by atoms with Gasteiger partial charge in [0.2, 0.25) is 0 Å². The van der Waals surface area contributed by atoms with Crippen molar-refractivity contribution in [3.8, 4) is 0 Å². The monoisotopic (exact) mass is 279 g/mol. The Morgan fingerprint density at radius 3 is 2.81 bits per heavy atom. The van der Waals surface area contributed by atoms with Crippen LogP contribution >= 0.6 is 0 Å². The summed E-state index contributed by atoms with van der Waals surface area (Å²) >= 11 is 0. The molecule has 21 heavy (non-hydrogen) atoms. The van der Waals surface area contributed by atoms with Crippen LogP contribution in [-0.2, 0) is 32.6 Å². The van der Waals surface area contributed by atoms with Crippen molar-refractivity contribution in [2.75, 3.05) is 6.54 Å². The predicted molar refractivity (Wildman–Crippen MR) is 83.8 cm³/mol. The molecule has 1 aromatic carbocycles. The highest BCUT2D eigenvalue weighted by Crippen LogP contribution is 2.28. The van der Waals surface area contributed by atoms with E-state index in [1.807, 2.05) is 0 Å². The summed E-state index contributed by atoms with van der Waals surface area (Å²) in [6.45, 7) is 7.39. The molecule has 3 heteroatoms. The van der Waals surface area contributed by atoms with E-state index in [-0.39, 0.29) is 0 Å². The van der Waals surface area contributed by atoms with Crippen molar-refractivity contribution in [2.24, 2.45) is 0 Å². The first-order chi connectivity index (χ1) is 10.3. The van der Waals surface area contributed by atoms with Crippen LogP contribution in [0.2, 0.25) is 0 Å². The minimum Gasteiger partial charge on any atom is -0.307 e. The van der Waals surface area contributed by atoms with Crippen molar-refractivity contribution in [3.63, 3.8) is 0 Å². The summed E-state index contributed by atoms with van der Waals surface area (Å²) in [5.74, 6) is 0. The molecule has 0 radical (unpaired) electrons. The van der Waals surface area contributed by atoms with E-state index in [4.69, 9.17) is 4.98 Å². The fraction of sp³-hybridized carbons (Fsp3) is 0.389. The molecule has 2 aliphatic heterocycles. The highest BCUT2D eigenvalue weighted by molar-refractivity contribution is 5.42. The number of fused-ring (bicyclic) bond motifs is 2. The molecule has 2 aromatic rings. The Labute approximate surface area is 126 Å². The number of pyridine rings is 1. The number of nitrogens with zero attached hydrogens (tertiary/aromatic N) is 2. The molecule has 4 rings (SSSR count). The largest absolute Gasteiger partial charge is 0.307 e. The quantitative estimate of drug-likeness (QED) is 0.915. The van der Waals surface area contributed by atoms with E-state index in [0.717, 1.165) is 39.1 Å². The van der Waals surface area contributed by atoms with Crippen molar-refractivity contribution in [2.45, 2.75) is 39.5 Å². The molecule has 0 saturated heterocycles. The molecule has 108 valence electrons. The molecule has 2 aliphatic rings. The lowest BCUT2D eigenvalue weighted by atomic mass is 9.96. The van der Waals surface area contributed by atoms with Gasteiger partial charge in [-0.15, -0.1) is 0 Å². The van der Waals surface area contributed by atoms with Gasteiger partial charge in [0.15, 0.2) is 0 Å². The van der Waals surface area contributed by atoms with E-state index < -0.39 is 0 Å². The molecule has 1 aromatic heterocycles. The lowest BCUT2D eigenvalue weighted by Gasteiger charge is -2.30. The number of nitrogens with one attached hydrogen (secondary N) is 1. The first kappa shape index (κ1) is 13.0. The Morgan fingerprint density at radius 1 is 1.10 bits per heavy atom. The Balaban J connectivity index is 1.60. The van der Waals surface area contributed by atoms with Crippen LogP contribution in [0.25, 0.3) is 0 Å². The molecular weight excluding hydrogens is 258 g/mol. The third kappa shape index (κ3) is 2.37. The van der Waals surface area contributed by atoms with E-state index in [9.17, 15) is 0 Å². The number of hydrogen-bond acceptors (Lipinski definition) is 3. The maximum absolute atomic E-state index is 4.91. The standard InChI is InChI=1S/C18H21N3/c1-13-15-9-19-10-18(15)20-17-7-8-21(12-16(13)17)11-14-5-3-2-4-6-14/h2-6,19H,7-12H2,1H3. The van der Waals surface area contributed by atoms with Gasteiger partial charge in [0.25, 0.3) is 0 Å². The average Bonchev–Trinajstić information content (AvgIpc) is 2.98. The minimum atomic E-state index is 0.942. The van der Waals surface area contributed by atoms with Crippen LogP contribution in [0.1, 0.15) is 33.6 Å². The van der Waals surface area contributed by atoms with Gasteiger partial charge in [-0.2, -0.15) is 0 Å². The molecule has 0 bridgehead atoms. The minimum absolute atomic E-state index is 0.942. The smallest absolute Gasteiger partial charge is 0.0592 e. The van der Waals surface area contributed by atoms with Gasteiger partial charge >= 0.3 is 0 Å². The van der Waals surface area contributed by atoms with Crippen molar-refractivity contribution in [1.82, 2.24) is 15.2 Å². The first-order valence-electron chi connectivity index (χ1n) is 7.78. The van der Waals surface area contributed by atoms with Gasteiger partial charge in [-0.1, -0.05) is 30.3 Å². The average molecular weight is 279 g/mol. The number of aromatic nitrogens is 1. The predicted octanol–water partition coefficient (Wildman–Crippen LogP) is 2.55. The summed E-state index contributed by atoms with van der Waals surface area (Å²) in [5, 5.41) is 3.43. The second kappa shape index (κ2) is 5.24. The third-order valence-electron chi connectivity index (χ3n) is 4.76. The summed E-state index contributed by atoms with van der Waals surface area (Å²) in [6, 6.07) is 10.8. The third-order valence-corrected chi connectivity index (χ3v) is 4.76. The normalized spacial score (nSPS) is 17.6. The molecule has 0 spiro atoms. The molecule has 0 fully saturated rings. The second-order valence-corrected chi connectivity index (χ2v) is 6.14. The van der Waals surface area contributed by atoms with Crippen molar-refractivity contribution in [1.29, 1.82) is 0 Å². The SMILES string of the molecule is Cc1c2c(nc3c1CN(Cc1ccccc1)CC3)CNC2. The molecule has 3 nitrogen and oxygen atoms in total. The fourth-order valence-corrected chi connectivity index (χ4v) is 3.56. The second-order valence-electron chi connectivity index (χ2n) is 6.14. The van der Waals surface area contributed by atoms with Gasteiger partial charge in [-0.05, 0) is 29.2 Å². The number of rotatable bonds is 2. The Kier molecular flexibility index (Phi) is 3.24. The highest BCUT2D eigenvalue weighted by atomic mass is 15.1. The lowest BCUT2D eigenvalue weighted by molar-refractivity contribution is 0.242. The summed E-state index contributed by atoms with van der Waals surface area (Å²) in [7, 11) is 0. The van der Waals surface area contributed by atoms with Gasteiger partial charge in [0.1, 0.15) is 0 Å². The van der Waals surface area contributed by atoms with Gasteiger partial charge < -0.3 is 5.32 Å². The summed E-state index contributed by atoms with van der Waals surface area (Å²) in [6.07, 6.45) is 1.08. The summed E-state index contributed by atoms with van der Waals surface area (Å²) in [4.78, 5) is 7.45. The van der Waals surface area contributed by atoms with Gasteiger partial charge in [0.05, 0.1) is 5.69 Å². The summed E-state index contributed by atoms with van der Waals surface area (Å²) in [5.41, 5.74) is 8.39. The Morgan fingerprint density at radius 2 is 1.95 bits per heavy atom. The molecule has 0 saturated carbocycles. The topological polar surface area (TPSA) is 28.2 Å². The van der Waals surface area contributed by atoms with Crippen molar-refractivity contribution >= 4 is 0 Å². The maximum atomic E-state index is 4.91. The van der Waals surface area contributed by atoms with E-state index in [0.29, 0.717) is 0 Å². The zero-order chi connectivity index (χ0) is 14.2. The van der Waals surface area contributed by atoms with Gasteiger partial charge in [-0.3, -0.25) is 9.88 Å². The van der Waals surface area contributed by atoms with Crippen LogP contribution in [0.3, 0.4) is 0 Å². The first-order valence-corrected chi connectivity index (χ1v) is 7.78. The van der Waals surface area contributed by atoms with Crippen LogP contribution in [0.4, 0.5) is 0 Å². The number of benzene rings is 1. The van der Waals surface area contributed by atoms with E-state index >= 15 is 0 Å². The molecular formula is C18H21N3. The lowest BCUT2D eigenvalue weighted by Crippen LogP contribution is -2.31. The van der Waals surface area contributed by atoms with Crippen LogP contribution < -0.4 is 5.32 Å².